The summed E-state index contributed by atoms with van der Waals surface area (Å²) in [5.41, 5.74) is 0. The molecule has 2 heterocycles. The molecule has 1 saturated carbocycles. The molecule has 1 aromatic rings. The van der Waals surface area contributed by atoms with Crippen molar-refractivity contribution in [2.45, 2.75) is 43.4 Å². The lowest BCUT2D eigenvalue weighted by Crippen LogP contribution is -2.37. The monoisotopic (exact) mass is 364 g/mol. The van der Waals surface area contributed by atoms with Crippen molar-refractivity contribution in [3.8, 4) is 0 Å². The molecule has 1 aromatic heterocycles. The predicted molar refractivity (Wildman–Crippen MR) is 97.5 cm³/mol. The fourth-order valence-electron chi connectivity index (χ4n) is 2.90. The van der Waals surface area contributed by atoms with Crippen LogP contribution in [-0.4, -0.2) is 44.7 Å². The largest absolute Gasteiger partial charge is 0.353 e. The second-order valence-corrected chi connectivity index (χ2v) is 7.85. The van der Waals surface area contributed by atoms with E-state index in [0.29, 0.717) is 16.8 Å². The van der Waals surface area contributed by atoms with Gasteiger partial charge in [-0.15, -0.1) is 17.9 Å². The number of nitrogens with one attached hydrogen (secondary N) is 1. The number of aliphatic imine (C=N–C) groups is 1. The van der Waals surface area contributed by atoms with E-state index in [1.54, 1.807) is 17.2 Å². The van der Waals surface area contributed by atoms with Gasteiger partial charge in [0.2, 0.25) is 16.9 Å². The third-order valence-electron chi connectivity index (χ3n) is 4.03. The van der Waals surface area contributed by atoms with Crippen LogP contribution in [0.25, 0.3) is 0 Å². The maximum Gasteiger partial charge on any atom is 0.242 e. The molecule has 0 aromatic carbocycles. The summed E-state index contributed by atoms with van der Waals surface area (Å²) in [5, 5.41) is 5.65. The number of carbonyl (C=O) groups is 2. The van der Waals surface area contributed by atoms with Gasteiger partial charge in [-0.25, -0.2) is 4.98 Å². The molecule has 0 radical (unpaired) electrons. The topological polar surface area (TPSA) is 74.7 Å². The summed E-state index contributed by atoms with van der Waals surface area (Å²) >= 11 is 2.75. The highest BCUT2D eigenvalue weighted by Gasteiger charge is 2.39. The quantitative estimate of drug-likeness (QED) is 0.788. The Balaban J connectivity index is 1.66. The molecule has 2 amide bonds. The van der Waals surface area contributed by atoms with E-state index < -0.39 is 5.25 Å². The van der Waals surface area contributed by atoms with Gasteiger partial charge >= 0.3 is 0 Å². The number of amidine groups is 1. The molecular formula is C16H20N4O2S2. The Hall–Kier alpha value is -1.67. The molecule has 1 saturated heterocycles. The average Bonchev–Trinajstić information content (AvgIpc) is 3.28. The highest BCUT2D eigenvalue weighted by atomic mass is 32.2. The van der Waals surface area contributed by atoms with Gasteiger partial charge in [-0.3, -0.25) is 14.5 Å². The first kappa shape index (κ1) is 17.2. The Morgan fingerprint density at radius 2 is 2.29 bits per heavy atom. The van der Waals surface area contributed by atoms with E-state index >= 15 is 0 Å². The fraction of sp³-hybridized carbons (Fsp3) is 0.500. The third kappa shape index (κ3) is 4.05. The maximum absolute atomic E-state index is 12.6. The van der Waals surface area contributed by atoms with Gasteiger partial charge in [0.1, 0.15) is 5.25 Å². The van der Waals surface area contributed by atoms with Crippen molar-refractivity contribution in [3.05, 3.63) is 24.2 Å². The smallest absolute Gasteiger partial charge is 0.242 e. The molecule has 8 heteroatoms. The van der Waals surface area contributed by atoms with E-state index in [1.165, 1.54) is 35.9 Å². The van der Waals surface area contributed by atoms with Gasteiger partial charge in [-0.1, -0.05) is 30.7 Å². The van der Waals surface area contributed by atoms with Crippen LogP contribution in [0.5, 0.6) is 0 Å². The summed E-state index contributed by atoms with van der Waals surface area (Å²) < 4.78 is 0. The zero-order valence-electron chi connectivity index (χ0n) is 13.3. The lowest BCUT2D eigenvalue weighted by atomic mass is 10.2. The number of hydrogen-bond donors (Lipinski definition) is 1. The van der Waals surface area contributed by atoms with Crippen LogP contribution in [0.15, 0.2) is 29.2 Å². The SMILES string of the molecule is C=CCN1C(=O)C(CC(=O)NC2CCCC2)SC1=Nc1nccs1. The van der Waals surface area contributed by atoms with Crippen LogP contribution >= 0.6 is 23.1 Å². The first-order valence-corrected chi connectivity index (χ1v) is 9.80. The molecule has 1 atom stereocenters. The molecule has 1 N–H and O–H groups in total. The Bertz CT molecular complexity index is 639. The van der Waals surface area contributed by atoms with Crippen LogP contribution in [-0.2, 0) is 9.59 Å². The zero-order valence-corrected chi connectivity index (χ0v) is 14.9. The molecule has 3 rings (SSSR count). The Labute approximate surface area is 149 Å². The van der Waals surface area contributed by atoms with Crippen LogP contribution in [0.3, 0.4) is 0 Å². The van der Waals surface area contributed by atoms with E-state index in [1.807, 2.05) is 5.38 Å². The van der Waals surface area contributed by atoms with Crippen molar-refractivity contribution >= 4 is 45.2 Å². The lowest BCUT2D eigenvalue weighted by molar-refractivity contribution is -0.129. The average molecular weight is 364 g/mol. The first-order chi connectivity index (χ1) is 11.7. The number of amides is 2. The molecule has 0 spiro atoms. The molecule has 0 bridgehead atoms. The molecule has 1 aliphatic heterocycles. The fourth-order valence-corrected chi connectivity index (χ4v) is 4.61. The van der Waals surface area contributed by atoms with E-state index in [-0.39, 0.29) is 24.3 Å². The van der Waals surface area contributed by atoms with E-state index in [0.717, 1.165) is 12.8 Å². The van der Waals surface area contributed by atoms with Crippen molar-refractivity contribution in [2.24, 2.45) is 4.99 Å². The maximum atomic E-state index is 12.6. The Morgan fingerprint density at radius 3 is 2.96 bits per heavy atom. The number of rotatable bonds is 6. The predicted octanol–water partition coefficient (Wildman–Crippen LogP) is 2.71. The number of thioether (sulfide) groups is 1. The standard InChI is InChI=1S/C16H20N4O2S2/c1-2-8-20-14(22)12(10-13(21)18-11-5-3-4-6-11)24-16(20)19-15-17-7-9-23-15/h2,7,9,11-12H,1,3-6,8,10H2,(H,18,21). The number of aromatic nitrogens is 1. The number of thiazole rings is 1. The minimum absolute atomic E-state index is 0.0539. The van der Waals surface area contributed by atoms with E-state index in [9.17, 15) is 9.59 Å². The van der Waals surface area contributed by atoms with Gasteiger partial charge in [0, 0.05) is 30.6 Å². The minimum Gasteiger partial charge on any atom is -0.353 e. The summed E-state index contributed by atoms with van der Waals surface area (Å²) in [6.07, 6.45) is 7.93. The van der Waals surface area contributed by atoms with Gasteiger partial charge in [-0.05, 0) is 12.8 Å². The highest BCUT2D eigenvalue weighted by molar-refractivity contribution is 8.15. The first-order valence-electron chi connectivity index (χ1n) is 8.04. The summed E-state index contributed by atoms with van der Waals surface area (Å²) in [6, 6.07) is 0.270. The molecule has 2 aliphatic rings. The molecule has 128 valence electrons. The van der Waals surface area contributed by atoms with Crippen molar-refractivity contribution in [2.75, 3.05) is 6.54 Å². The van der Waals surface area contributed by atoms with Crippen molar-refractivity contribution < 1.29 is 9.59 Å². The van der Waals surface area contributed by atoms with Crippen molar-refractivity contribution in [1.82, 2.24) is 15.2 Å². The van der Waals surface area contributed by atoms with Gasteiger partial charge < -0.3 is 5.32 Å². The van der Waals surface area contributed by atoms with Crippen molar-refractivity contribution in [1.29, 1.82) is 0 Å². The Kier molecular flexibility index (Phi) is 5.68. The number of nitrogens with zero attached hydrogens (tertiary/aromatic N) is 3. The van der Waals surface area contributed by atoms with Crippen LogP contribution in [0.4, 0.5) is 5.13 Å². The summed E-state index contributed by atoms with van der Waals surface area (Å²) in [7, 11) is 0. The van der Waals surface area contributed by atoms with Gasteiger partial charge in [0.15, 0.2) is 5.17 Å². The molecule has 24 heavy (non-hydrogen) atoms. The number of carbonyl (C=O) groups excluding carboxylic acids is 2. The summed E-state index contributed by atoms with van der Waals surface area (Å²) in [4.78, 5) is 35.0. The van der Waals surface area contributed by atoms with Gasteiger partial charge in [0.05, 0.1) is 0 Å². The van der Waals surface area contributed by atoms with Gasteiger partial charge in [0.25, 0.3) is 0 Å². The molecule has 2 fully saturated rings. The normalized spacial score (nSPS) is 23.2. The lowest BCUT2D eigenvalue weighted by Gasteiger charge is -2.14. The van der Waals surface area contributed by atoms with Crippen LogP contribution < -0.4 is 5.32 Å². The molecular weight excluding hydrogens is 344 g/mol. The number of hydrogen-bond acceptors (Lipinski definition) is 6. The van der Waals surface area contributed by atoms with Crippen LogP contribution in [0.1, 0.15) is 32.1 Å². The zero-order chi connectivity index (χ0) is 16.9. The molecule has 1 unspecified atom stereocenters. The van der Waals surface area contributed by atoms with E-state index in [2.05, 4.69) is 21.9 Å². The Morgan fingerprint density at radius 1 is 1.50 bits per heavy atom. The summed E-state index contributed by atoms with van der Waals surface area (Å²) in [6.45, 7) is 4.08. The second kappa shape index (κ2) is 7.94. The third-order valence-corrected chi connectivity index (χ3v) is 5.87. The van der Waals surface area contributed by atoms with E-state index in [4.69, 9.17) is 0 Å². The molecule has 6 nitrogen and oxygen atoms in total. The summed E-state index contributed by atoms with van der Waals surface area (Å²) in [5.74, 6) is -0.140. The second-order valence-electron chi connectivity index (χ2n) is 5.81. The highest BCUT2D eigenvalue weighted by Crippen LogP contribution is 2.32. The van der Waals surface area contributed by atoms with Crippen LogP contribution in [0.2, 0.25) is 0 Å². The molecule has 1 aliphatic carbocycles. The van der Waals surface area contributed by atoms with Gasteiger partial charge in [-0.2, -0.15) is 4.99 Å². The minimum atomic E-state index is -0.426. The van der Waals surface area contributed by atoms with Crippen LogP contribution in [0, 0.1) is 0 Å². The van der Waals surface area contributed by atoms with Crippen molar-refractivity contribution in [3.63, 3.8) is 0 Å².